The van der Waals surface area contributed by atoms with Crippen molar-refractivity contribution in [3.63, 3.8) is 0 Å². The van der Waals surface area contributed by atoms with Gasteiger partial charge in [-0.25, -0.2) is 0 Å². The van der Waals surface area contributed by atoms with Crippen molar-refractivity contribution in [3.8, 4) is 28.7 Å². The molecular weight excluding hydrogens is 737 g/mol. The van der Waals surface area contributed by atoms with Crippen LogP contribution in [-0.4, -0.2) is 80.0 Å². The molecule has 7 N–H and O–H groups in total. The van der Waals surface area contributed by atoms with Crippen molar-refractivity contribution < 1.29 is 33.4 Å². The van der Waals surface area contributed by atoms with E-state index in [0.717, 1.165) is 11.1 Å². The highest BCUT2D eigenvalue weighted by Gasteiger charge is 2.36. The van der Waals surface area contributed by atoms with E-state index in [-0.39, 0.29) is 88.9 Å². The number of hydrogen-bond acceptors (Lipinski definition) is 11. The highest BCUT2D eigenvalue weighted by Crippen LogP contribution is 2.41. The molecule has 1 aliphatic rings. The van der Waals surface area contributed by atoms with Gasteiger partial charge >= 0.3 is 0 Å². The number of amides is 2. The Morgan fingerprint density at radius 3 is 2.17 bits per heavy atom. The molecule has 0 saturated carbocycles. The predicted molar refractivity (Wildman–Crippen MR) is 222 cm³/mol. The van der Waals surface area contributed by atoms with E-state index in [0.29, 0.717) is 39.3 Å². The van der Waals surface area contributed by atoms with Crippen LogP contribution in [0.3, 0.4) is 0 Å². The van der Waals surface area contributed by atoms with E-state index in [1.807, 2.05) is 31.2 Å². The molecule has 0 aromatic heterocycles. The Bertz CT molecular complexity index is 2010. The molecule has 1 aliphatic heterocycles. The van der Waals surface area contributed by atoms with Crippen LogP contribution in [0, 0.1) is 30.1 Å². The number of likely N-dealkylation sites (N-methyl/N-ethyl adjacent to an activating group) is 1. The number of nitrogens with one attached hydrogen (secondary N) is 1. The Kier molecular flexibility index (Phi) is 16.7. The first-order chi connectivity index (χ1) is 27.7. The highest BCUT2D eigenvalue weighted by atomic mass is 16.5. The van der Waals surface area contributed by atoms with Gasteiger partial charge in [0.05, 0.1) is 12.1 Å². The first-order valence-corrected chi connectivity index (χ1v) is 20.0. The number of carbonyl (C=O) groups is 5. The Labute approximate surface area is 341 Å². The van der Waals surface area contributed by atoms with Crippen LogP contribution in [0.2, 0.25) is 0 Å². The van der Waals surface area contributed by atoms with Gasteiger partial charge in [0.2, 0.25) is 11.8 Å². The summed E-state index contributed by atoms with van der Waals surface area (Å²) in [6.45, 7) is 8.58. The summed E-state index contributed by atoms with van der Waals surface area (Å²) in [5, 5.41) is 12.0. The zero-order valence-electron chi connectivity index (χ0n) is 34.3. The lowest BCUT2D eigenvalue weighted by Crippen LogP contribution is -2.46. The van der Waals surface area contributed by atoms with E-state index in [1.54, 1.807) is 43.3 Å². The Hall–Kier alpha value is -5.42. The smallest absolute Gasteiger partial charge is 0.226 e. The number of nitrogens with zero attached hydrogens (tertiary/aromatic N) is 2. The maximum absolute atomic E-state index is 14.6. The lowest BCUT2D eigenvalue weighted by atomic mass is 9.87. The SMILES string of the molecule is Cc1cc(C(C)C)ccc1C(=O)C[C@@H](CCN)C(=O)N(C)[C@@H]1C(=O)C[C@@H](C)C(=O)N[C@H](C(=O)CCC#N)Cc2ccc(OCCN)c(c2)-c2cc1ccc2OCCN. The van der Waals surface area contributed by atoms with Crippen molar-refractivity contribution in [3.05, 3.63) is 82.4 Å². The minimum atomic E-state index is -1.19. The van der Waals surface area contributed by atoms with Crippen molar-refractivity contribution in [1.82, 2.24) is 10.2 Å². The van der Waals surface area contributed by atoms with Crippen molar-refractivity contribution in [1.29, 1.82) is 5.26 Å². The summed E-state index contributed by atoms with van der Waals surface area (Å²) < 4.78 is 12.2. The fourth-order valence-corrected chi connectivity index (χ4v) is 7.33. The van der Waals surface area contributed by atoms with Crippen LogP contribution >= 0.6 is 0 Å². The number of rotatable bonds is 17. The molecule has 4 atom stereocenters. The van der Waals surface area contributed by atoms with E-state index in [2.05, 4.69) is 19.2 Å². The number of nitrogens with two attached hydrogens (primary N) is 3. The van der Waals surface area contributed by atoms with Gasteiger partial charge in [-0.3, -0.25) is 24.0 Å². The van der Waals surface area contributed by atoms with E-state index >= 15 is 0 Å². The summed E-state index contributed by atoms with van der Waals surface area (Å²) in [6.07, 6.45) is -0.162. The molecule has 13 nitrogen and oxygen atoms in total. The number of aryl methyl sites for hydroxylation is 1. The Morgan fingerprint density at radius 1 is 0.914 bits per heavy atom. The summed E-state index contributed by atoms with van der Waals surface area (Å²) in [4.78, 5) is 71.4. The zero-order chi connectivity index (χ0) is 42.5. The molecule has 2 amide bonds. The van der Waals surface area contributed by atoms with Gasteiger partial charge in [0, 0.05) is 74.3 Å². The van der Waals surface area contributed by atoms with Gasteiger partial charge in [0.1, 0.15) is 30.8 Å². The quantitative estimate of drug-likeness (QED) is 0.137. The molecule has 0 saturated heterocycles. The topological polar surface area (TPSA) is 221 Å². The molecule has 1 heterocycles. The molecule has 58 heavy (non-hydrogen) atoms. The number of ketones is 3. The first kappa shape index (κ1) is 45.3. The second kappa shape index (κ2) is 21.4. The Balaban J connectivity index is 1.87. The zero-order valence-corrected chi connectivity index (χ0v) is 34.3. The van der Waals surface area contributed by atoms with Crippen LogP contribution in [-0.2, 0) is 25.6 Å². The summed E-state index contributed by atoms with van der Waals surface area (Å²) in [6, 6.07) is 16.1. The average molecular weight is 795 g/mol. The number of benzene rings is 3. The number of hydrogen-bond donors (Lipinski definition) is 4. The van der Waals surface area contributed by atoms with Crippen LogP contribution < -0.4 is 32.0 Å². The molecule has 4 rings (SSSR count). The fourth-order valence-electron chi connectivity index (χ4n) is 7.33. The van der Waals surface area contributed by atoms with Crippen LogP contribution in [0.25, 0.3) is 11.1 Å². The van der Waals surface area contributed by atoms with Gasteiger partial charge in [0.25, 0.3) is 0 Å². The van der Waals surface area contributed by atoms with Gasteiger partial charge in [-0.2, -0.15) is 5.26 Å². The summed E-state index contributed by atoms with van der Waals surface area (Å²) in [7, 11) is 1.52. The van der Waals surface area contributed by atoms with Gasteiger partial charge in [0.15, 0.2) is 17.3 Å². The third-order valence-electron chi connectivity index (χ3n) is 10.5. The van der Waals surface area contributed by atoms with E-state index < -0.39 is 41.5 Å². The molecule has 0 aliphatic carbocycles. The lowest BCUT2D eigenvalue weighted by Gasteiger charge is -2.32. The second-order valence-electron chi connectivity index (χ2n) is 15.3. The number of ether oxygens (including phenoxy) is 2. The van der Waals surface area contributed by atoms with Gasteiger partial charge in [-0.15, -0.1) is 0 Å². The molecule has 0 spiro atoms. The maximum atomic E-state index is 14.6. The standard InChI is InChI=1S/C45H58N6O7/c1-27(2)31-9-11-34(28(3)21-31)39(53)26-33(14-16-47)45(56)51(5)43-32-10-13-42(58-20-18-49)36(25-32)35-23-30(8-12-41(35)57-19-17-48)24-37(38(52)7-6-15-46)50-44(55)29(4)22-40(43)54/h8-13,21,23,25,27,29,33,37,43H,6-7,14,16-20,22,24,26,47-49H2,1-5H3,(H,50,55)/t29-,33-,37+,43+/m1/s1. The monoisotopic (exact) mass is 794 g/mol. The largest absolute Gasteiger partial charge is 0.492 e. The number of carbonyl (C=O) groups excluding carboxylic acids is 5. The molecule has 0 fully saturated rings. The van der Waals surface area contributed by atoms with E-state index in [1.165, 1.54) is 11.9 Å². The third kappa shape index (κ3) is 11.4. The minimum absolute atomic E-state index is 0.0200. The molecule has 0 radical (unpaired) electrons. The van der Waals surface area contributed by atoms with Crippen LogP contribution in [0.4, 0.5) is 0 Å². The van der Waals surface area contributed by atoms with Crippen molar-refractivity contribution >= 4 is 29.2 Å². The number of nitriles is 1. The van der Waals surface area contributed by atoms with Gasteiger partial charge in [-0.1, -0.05) is 51.1 Å². The average Bonchev–Trinajstić information content (AvgIpc) is 3.20. The molecule has 4 bridgehead atoms. The van der Waals surface area contributed by atoms with Crippen LogP contribution in [0.5, 0.6) is 11.5 Å². The first-order valence-electron chi connectivity index (χ1n) is 20.0. The second-order valence-corrected chi connectivity index (χ2v) is 15.3. The van der Waals surface area contributed by atoms with Crippen LogP contribution in [0.15, 0.2) is 54.6 Å². The summed E-state index contributed by atoms with van der Waals surface area (Å²) >= 11 is 0. The van der Waals surface area contributed by atoms with E-state index in [9.17, 15) is 29.2 Å². The molecule has 310 valence electrons. The maximum Gasteiger partial charge on any atom is 0.226 e. The van der Waals surface area contributed by atoms with Crippen molar-refractivity contribution in [2.45, 2.75) is 84.2 Å². The highest BCUT2D eigenvalue weighted by molar-refractivity contribution is 6.01. The molecule has 3 aromatic carbocycles. The minimum Gasteiger partial charge on any atom is -0.492 e. The molecule has 13 heteroatoms. The van der Waals surface area contributed by atoms with Crippen molar-refractivity contribution in [2.24, 2.45) is 29.0 Å². The molecule has 0 unspecified atom stereocenters. The summed E-state index contributed by atoms with van der Waals surface area (Å²) in [5.74, 6) is -2.50. The predicted octanol–water partition coefficient (Wildman–Crippen LogP) is 4.71. The van der Waals surface area contributed by atoms with Crippen LogP contribution in [0.1, 0.15) is 97.4 Å². The number of Topliss-reactive ketones (excluding diaryl/α,β-unsaturated/α-hetero) is 3. The fraction of sp³-hybridized carbons (Fsp3) is 0.467. The Morgan fingerprint density at radius 2 is 1.57 bits per heavy atom. The normalized spacial score (nSPS) is 17.4. The molecular formula is C45H58N6O7. The van der Waals surface area contributed by atoms with Gasteiger partial charge in [-0.05, 0) is 78.7 Å². The van der Waals surface area contributed by atoms with Gasteiger partial charge < -0.3 is 36.9 Å². The lowest BCUT2D eigenvalue weighted by molar-refractivity contribution is -0.142. The van der Waals surface area contributed by atoms with E-state index in [4.69, 9.17) is 26.7 Å². The summed E-state index contributed by atoms with van der Waals surface area (Å²) in [5.41, 5.74) is 22.3. The third-order valence-corrected chi connectivity index (χ3v) is 10.5. The molecule has 3 aromatic rings. The number of fused-ring (bicyclic) bond motifs is 5. The van der Waals surface area contributed by atoms with Crippen molar-refractivity contribution in [2.75, 3.05) is 39.9 Å².